The highest BCUT2D eigenvalue weighted by Crippen LogP contribution is 2.25. The number of rotatable bonds is 8. The van der Waals surface area contributed by atoms with Crippen LogP contribution in [0.5, 0.6) is 5.75 Å². The van der Waals surface area contributed by atoms with Crippen molar-refractivity contribution in [2.45, 2.75) is 36.0 Å². The Kier molecular flexibility index (Phi) is 6.62. The number of sulfonamides is 2. The summed E-state index contributed by atoms with van der Waals surface area (Å²) < 4.78 is 59.6. The molecular formula is C20H26N2O5S2. The average molecular weight is 439 g/mol. The Hall–Kier alpha value is -1.94. The molecule has 0 saturated carbocycles. The van der Waals surface area contributed by atoms with Crippen LogP contribution in [-0.4, -0.2) is 47.9 Å². The third kappa shape index (κ3) is 4.98. The van der Waals surface area contributed by atoms with Crippen molar-refractivity contribution in [2.75, 3.05) is 26.7 Å². The smallest absolute Gasteiger partial charge is 0.244 e. The van der Waals surface area contributed by atoms with E-state index in [9.17, 15) is 16.8 Å². The molecule has 1 N–H and O–H groups in total. The van der Waals surface area contributed by atoms with Gasteiger partial charge in [0.05, 0.1) is 12.0 Å². The van der Waals surface area contributed by atoms with Crippen LogP contribution in [0, 0.1) is 6.92 Å². The highest BCUT2D eigenvalue weighted by atomic mass is 32.2. The number of benzene rings is 2. The number of ether oxygens (including phenoxy) is 1. The fourth-order valence-corrected chi connectivity index (χ4v) is 6.11. The fraction of sp³-hybridized carbons (Fsp3) is 0.400. The molecule has 1 saturated heterocycles. The summed E-state index contributed by atoms with van der Waals surface area (Å²) in [5.41, 5.74) is 1.67. The van der Waals surface area contributed by atoms with Crippen LogP contribution in [0.3, 0.4) is 0 Å². The SMILES string of the molecule is COc1ccc(C)cc1S(=O)(=O)NCCc1ccc(S(=O)(=O)N2CCCC2)cc1. The third-order valence-electron chi connectivity index (χ3n) is 4.94. The molecule has 1 aliphatic rings. The van der Waals surface area contributed by atoms with Gasteiger partial charge in [-0.1, -0.05) is 18.2 Å². The lowest BCUT2D eigenvalue weighted by Crippen LogP contribution is -2.28. The van der Waals surface area contributed by atoms with Crippen LogP contribution < -0.4 is 9.46 Å². The van der Waals surface area contributed by atoms with Crippen molar-refractivity contribution in [2.24, 2.45) is 0 Å². The summed E-state index contributed by atoms with van der Waals surface area (Å²) in [4.78, 5) is 0.375. The van der Waals surface area contributed by atoms with Gasteiger partial charge in [0.1, 0.15) is 10.6 Å². The van der Waals surface area contributed by atoms with Crippen LogP contribution in [-0.2, 0) is 26.5 Å². The van der Waals surface area contributed by atoms with E-state index in [1.54, 1.807) is 42.5 Å². The lowest BCUT2D eigenvalue weighted by atomic mass is 10.2. The van der Waals surface area contributed by atoms with E-state index in [2.05, 4.69) is 4.72 Å². The summed E-state index contributed by atoms with van der Waals surface area (Å²) in [7, 11) is -5.72. The summed E-state index contributed by atoms with van der Waals surface area (Å²) in [5, 5.41) is 0. The first-order valence-electron chi connectivity index (χ1n) is 9.47. The van der Waals surface area contributed by atoms with E-state index in [0.717, 1.165) is 24.0 Å². The molecule has 0 aromatic heterocycles. The summed E-state index contributed by atoms with van der Waals surface area (Å²) in [6, 6.07) is 11.6. The molecule has 0 radical (unpaired) electrons. The zero-order valence-electron chi connectivity index (χ0n) is 16.6. The van der Waals surface area contributed by atoms with E-state index in [4.69, 9.17) is 4.74 Å². The second-order valence-electron chi connectivity index (χ2n) is 7.06. The van der Waals surface area contributed by atoms with Gasteiger partial charge in [-0.05, 0) is 61.6 Å². The van der Waals surface area contributed by atoms with Crippen molar-refractivity contribution in [3.63, 3.8) is 0 Å². The predicted octanol–water partition coefficient (Wildman–Crippen LogP) is 2.31. The molecule has 158 valence electrons. The molecule has 1 aliphatic heterocycles. The minimum absolute atomic E-state index is 0.104. The fourth-order valence-electron chi connectivity index (χ4n) is 3.31. The Balaban J connectivity index is 1.64. The van der Waals surface area contributed by atoms with Crippen LogP contribution in [0.25, 0.3) is 0 Å². The van der Waals surface area contributed by atoms with Crippen molar-refractivity contribution < 1.29 is 21.6 Å². The normalized spacial score (nSPS) is 15.5. The maximum absolute atomic E-state index is 12.6. The standard InChI is InChI=1S/C20H26N2O5S2/c1-16-5-10-19(27-2)20(15-16)28(23,24)21-12-11-17-6-8-18(9-7-17)29(25,26)22-13-3-4-14-22/h5-10,15,21H,3-4,11-14H2,1-2H3. The summed E-state index contributed by atoms with van der Waals surface area (Å²) in [6.07, 6.45) is 2.23. The molecule has 2 aromatic carbocycles. The second kappa shape index (κ2) is 8.83. The van der Waals surface area contributed by atoms with Gasteiger partial charge in [0, 0.05) is 19.6 Å². The van der Waals surface area contributed by atoms with E-state index < -0.39 is 20.0 Å². The van der Waals surface area contributed by atoms with E-state index in [-0.39, 0.29) is 16.3 Å². The quantitative estimate of drug-likeness (QED) is 0.683. The van der Waals surface area contributed by atoms with Crippen molar-refractivity contribution in [3.8, 4) is 5.75 Å². The topological polar surface area (TPSA) is 92.8 Å². The maximum atomic E-state index is 12.6. The number of methoxy groups -OCH3 is 1. The molecule has 1 heterocycles. The summed E-state index contributed by atoms with van der Waals surface area (Å²) >= 11 is 0. The van der Waals surface area contributed by atoms with Crippen LogP contribution in [0.15, 0.2) is 52.3 Å². The molecule has 0 atom stereocenters. The van der Waals surface area contributed by atoms with Crippen molar-refractivity contribution in [1.29, 1.82) is 0 Å². The van der Waals surface area contributed by atoms with E-state index in [1.807, 2.05) is 6.92 Å². The second-order valence-corrected chi connectivity index (χ2v) is 10.7. The molecule has 0 bridgehead atoms. The molecule has 7 nitrogen and oxygen atoms in total. The molecule has 1 fully saturated rings. The Bertz CT molecular complexity index is 1060. The van der Waals surface area contributed by atoms with E-state index >= 15 is 0 Å². The summed E-state index contributed by atoms with van der Waals surface area (Å²) in [5.74, 6) is 0.291. The highest BCUT2D eigenvalue weighted by Gasteiger charge is 2.27. The average Bonchev–Trinajstić information content (AvgIpc) is 3.24. The van der Waals surface area contributed by atoms with Crippen molar-refractivity contribution >= 4 is 20.0 Å². The van der Waals surface area contributed by atoms with Gasteiger partial charge in [0.2, 0.25) is 20.0 Å². The largest absolute Gasteiger partial charge is 0.495 e. The van der Waals surface area contributed by atoms with Gasteiger partial charge in [-0.2, -0.15) is 4.31 Å². The first kappa shape index (κ1) is 21.8. The lowest BCUT2D eigenvalue weighted by molar-refractivity contribution is 0.402. The van der Waals surface area contributed by atoms with Gasteiger partial charge in [-0.25, -0.2) is 21.6 Å². The van der Waals surface area contributed by atoms with E-state index in [1.165, 1.54) is 11.4 Å². The van der Waals surface area contributed by atoms with Gasteiger partial charge in [0.15, 0.2) is 0 Å². The zero-order chi connectivity index (χ0) is 21.1. The van der Waals surface area contributed by atoms with Gasteiger partial charge in [0.25, 0.3) is 0 Å². The molecule has 0 unspecified atom stereocenters. The Morgan fingerprint density at radius 1 is 1.00 bits per heavy atom. The Morgan fingerprint density at radius 2 is 1.66 bits per heavy atom. The van der Waals surface area contributed by atoms with Gasteiger partial charge >= 0.3 is 0 Å². The van der Waals surface area contributed by atoms with Crippen LogP contribution >= 0.6 is 0 Å². The molecule has 3 rings (SSSR count). The zero-order valence-corrected chi connectivity index (χ0v) is 18.2. The number of hydrogen-bond donors (Lipinski definition) is 1. The number of aryl methyl sites for hydroxylation is 1. The number of nitrogens with zero attached hydrogens (tertiary/aromatic N) is 1. The molecular weight excluding hydrogens is 412 g/mol. The maximum Gasteiger partial charge on any atom is 0.244 e. The van der Waals surface area contributed by atoms with Crippen LogP contribution in [0.4, 0.5) is 0 Å². The first-order chi connectivity index (χ1) is 13.7. The minimum atomic E-state index is -3.72. The predicted molar refractivity (Wildman–Crippen MR) is 111 cm³/mol. The molecule has 0 aliphatic carbocycles. The molecule has 9 heteroatoms. The highest BCUT2D eigenvalue weighted by molar-refractivity contribution is 7.89. The van der Waals surface area contributed by atoms with Gasteiger partial charge in [-0.15, -0.1) is 0 Å². The van der Waals surface area contributed by atoms with Gasteiger partial charge in [-0.3, -0.25) is 0 Å². The molecule has 0 amide bonds. The van der Waals surface area contributed by atoms with Crippen molar-refractivity contribution in [3.05, 3.63) is 53.6 Å². The van der Waals surface area contributed by atoms with E-state index in [0.29, 0.717) is 25.3 Å². The Morgan fingerprint density at radius 3 is 2.28 bits per heavy atom. The first-order valence-corrected chi connectivity index (χ1v) is 12.4. The van der Waals surface area contributed by atoms with Crippen LogP contribution in [0.1, 0.15) is 24.0 Å². The summed E-state index contributed by atoms with van der Waals surface area (Å²) in [6.45, 7) is 3.14. The lowest BCUT2D eigenvalue weighted by Gasteiger charge is -2.15. The molecule has 29 heavy (non-hydrogen) atoms. The number of nitrogens with one attached hydrogen (secondary N) is 1. The molecule has 2 aromatic rings. The third-order valence-corrected chi connectivity index (χ3v) is 8.34. The van der Waals surface area contributed by atoms with Crippen LogP contribution in [0.2, 0.25) is 0 Å². The van der Waals surface area contributed by atoms with Crippen molar-refractivity contribution in [1.82, 2.24) is 9.03 Å². The number of hydrogen-bond acceptors (Lipinski definition) is 5. The van der Waals surface area contributed by atoms with Gasteiger partial charge < -0.3 is 4.74 Å². The minimum Gasteiger partial charge on any atom is -0.495 e. The Labute approximate surface area is 172 Å². The molecule has 0 spiro atoms. The monoisotopic (exact) mass is 438 g/mol.